The van der Waals surface area contributed by atoms with Gasteiger partial charge in [-0.05, 0) is 41.1 Å². The van der Waals surface area contributed by atoms with Crippen LogP contribution in [0.1, 0.15) is 12.6 Å². The molecule has 0 atom stereocenters. The first-order valence-corrected chi connectivity index (χ1v) is 8.18. The summed E-state index contributed by atoms with van der Waals surface area (Å²) in [5.41, 5.74) is 0.552. The molecule has 108 valence electrons. The number of hydrogen-bond donors (Lipinski definition) is 2. The number of sulfonamides is 1. The minimum Gasteiger partial charge on any atom is -0.390 e. The van der Waals surface area contributed by atoms with Crippen LogP contribution in [0.2, 0.25) is 0 Å². The first-order valence-electron chi connectivity index (χ1n) is 5.90. The maximum atomic E-state index is 12.2. The molecule has 20 heavy (non-hydrogen) atoms. The number of anilines is 1. The molecule has 8 heteroatoms. The smallest absolute Gasteiger partial charge is 0.264 e. The van der Waals surface area contributed by atoms with Crippen molar-refractivity contribution < 1.29 is 13.5 Å². The van der Waals surface area contributed by atoms with Gasteiger partial charge in [0.05, 0.1) is 6.61 Å². The number of halogens is 1. The Labute approximate surface area is 125 Å². The van der Waals surface area contributed by atoms with E-state index in [0.29, 0.717) is 12.2 Å². The minimum atomic E-state index is -3.71. The monoisotopic (exact) mass is 359 g/mol. The number of aliphatic hydroxyl groups is 1. The standard InChI is InChI=1S/C12H14BrN3O3S/c1-2-16-7-11(5-10(16)8-17)20(18,19)15-12-4-3-9(13)6-14-12/h3-7,17H,2,8H2,1H3,(H,14,15). The van der Waals surface area contributed by atoms with Crippen LogP contribution in [0.25, 0.3) is 0 Å². The summed E-state index contributed by atoms with van der Waals surface area (Å²) in [7, 11) is -3.71. The largest absolute Gasteiger partial charge is 0.390 e. The SMILES string of the molecule is CCn1cc(S(=O)(=O)Nc2ccc(Br)cn2)cc1CO. The second-order valence-corrected chi connectivity index (χ2v) is 6.68. The van der Waals surface area contributed by atoms with Gasteiger partial charge >= 0.3 is 0 Å². The van der Waals surface area contributed by atoms with Crippen molar-refractivity contribution in [2.24, 2.45) is 0 Å². The van der Waals surface area contributed by atoms with E-state index in [0.717, 1.165) is 4.47 Å². The van der Waals surface area contributed by atoms with Crippen LogP contribution in [-0.2, 0) is 23.2 Å². The third kappa shape index (κ3) is 3.20. The lowest BCUT2D eigenvalue weighted by molar-refractivity contribution is 0.271. The molecule has 0 bridgehead atoms. The van der Waals surface area contributed by atoms with E-state index in [-0.39, 0.29) is 17.3 Å². The van der Waals surface area contributed by atoms with Crippen molar-refractivity contribution in [1.82, 2.24) is 9.55 Å². The molecule has 0 saturated carbocycles. The number of rotatable bonds is 5. The molecule has 0 aliphatic heterocycles. The van der Waals surface area contributed by atoms with Gasteiger partial charge in [0.25, 0.3) is 10.0 Å². The number of aromatic nitrogens is 2. The lowest BCUT2D eigenvalue weighted by atomic mass is 10.4. The van der Waals surface area contributed by atoms with E-state index in [2.05, 4.69) is 25.6 Å². The molecular weight excluding hydrogens is 346 g/mol. The molecule has 2 heterocycles. The highest BCUT2D eigenvalue weighted by atomic mass is 79.9. The minimum absolute atomic E-state index is 0.105. The Bertz CT molecular complexity index is 674. The van der Waals surface area contributed by atoms with Crippen molar-refractivity contribution in [2.75, 3.05) is 4.72 Å². The summed E-state index contributed by atoms with van der Waals surface area (Å²) >= 11 is 3.23. The van der Waals surface area contributed by atoms with Crippen molar-refractivity contribution in [3.63, 3.8) is 0 Å². The third-order valence-corrected chi connectivity index (χ3v) is 4.53. The van der Waals surface area contributed by atoms with Gasteiger partial charge in [-0.2, -0.15) is 0 Å². The molecule has 2 aromatic rings. The van der Waals surface area contributed by atoms with Crippen LogP contribution in [-0.4, -0.2) is 23.1 Å². The fourth-order valence-electron chi connectivity index (χ4n) is 1.73. The normalized spacial score (nSPS) is 11.6. The average molecular weight is 360 g/mol. The maximum Gasteiger partial charge on any atom is 0.264 e. The van der Waals surface area contributed by atoms with Gasteiger partial charge in [0, 0.05) is 29.1 Å². The predicted molar refractivity (Wildman–Crippen MR) is 78.8 cm³/mol. The van der Waals surface area contributed by atoms with Gasteiger partial charge in [0.1, 0.15) is 10.7 Å². The van der Waals surface area contributed by atoms with Crippen molar-refractivity contribution >= 4 is 31.8 Å². The first-order chi connectivity index (χ1) is 9.46. The molecule has 2 rings (SSSR count). The van der Waals surface area contributed by atoms with E-state index in [1.165, 1.54) is 18.5 Å². The molecule has 2 N–H and O–H groups in total. The van der Waals surface area contributed by atoms with Crippen molar-refractivity contribution in [2.45, 2.75) is 25.0 Å². The van der Waals surface area contributed by atoms with Crippen LogP contribution in [0.4, 0.5) is 5.82 Å². The van der Waals surface area contributed by atoms with Gasteiger partial charge in [-0.1, -0.05) is 0 Å². The van der Waals surface area contributed by atoms with Crippen LogP contribution in [0.5, 0.6) is 0 Å². The van der Waals surface area contributed by atoms with Crippen LogP contribution < -0.4 is 4.72 Å². The first kappa shape index (κ1) is 15.0. The van der Waals surface area contributed by atoms with Gasteiger partial charge in [0.15, 0.2) is 0 Å². The van der Waals surface area contributed by atoms with Crippen LogP contribution in [0, 0.1) is 0 Å². The van der Waals surface area contributed by atoms with E-state index in [4.69, 9.17) is 0 Å². The molecule has 0 aromatic carbocycles. The molecule has 0 fully saturated rings. The highest BCUT2D eigenvalue weighted by Crippen LogP contribution is 2.19. The Morgan fingerprint density at radius 1 is 1.45 bits per heavy atom. The molecule has 0 amide bonds. The summed E-state index contributed by atoms with van der Waals surface area (Å²) in [4.78, 5) is 4.07. The van der Waals surface area contributed by atoms with Crippen LogP contribution >= 0.6 is 15.9 Å². The summed E-state index contributed by atoms with van der Waals surface area (Å²) in [5.74, 6) is 0.239. The van der Waals surface area contributed by atoms with E-state index >= 15 is 0 Å². The zero-order chi connectivity index (χ0) is 14.8. The second kappa shape index (κ2) is 5.94. The predicted octanol–water partition coefficient (Wildman–Crippen LogP) is 1.96. The summed E-state index contributed by atoms with van der Waals surface area (Å²) < 4.78 is 29.3. The second-order valence-electron chi connectivity index (χ2n) is 4.08. The fourth-order valence-corrected chi connectivity index (χ4v) is 3.04. The van der Waals surface area contributed by atoms with Crippen LogP contribution in [0.15, 0.2) is 40.0 Å². The number of hydrogen-bond acceptors (Lipinski definition) is 4. The van der Waals surface area contributed by atoms with E-state index in [1.54, 1.807) is 16.7 Å². The quantitative estimate of drug-likeness (QED) is 0.854. The zero-order valence-electron chi connectivity index (χ0n) is 10.7. The number of nitrogens with one attached hydrogen (secondary N) is 1. The molecule has 6 nitrogen and oxygen atoms in total. The molecule has 2 aromatic heterocycles. The fraction of sp³-hybridized carbons (Fsp3) is 0.250. The summed E-state index contributed by atoms with van der Waals surface area (Å²) in [5, 5.41) is 9.20. The molecule has 0 spiro atoms. The number of aliphatic hydroxyl groups excluding tert-OH is 1. The molecule has 0 unspecified atom stereocenters. The third-order valence-electron chi connectivity index (χ3n) is 2.74. The Morgan fingerprint density at radius 2 is 2.20 bits per heavy atom. The Morgan fingerprint density at radius 3 is 2.70 bits per heavy atom. The van der Waals surface area contributed by atoms with E-state index in [9.17, 15) is 13.5 Å². The number of aryl methyl sites for hydroxylation is 1. The van der Waals surface area contributed by atoms with E-state index in [1.807, 2.05) is 6.92 Å². The van der Waals surface area contributed by atoms with Gasteiger partial charge in [-0.3, -0.25) is 4.72 Å². The van der Waals surface area contributed by atoms with Gasteiger partial charge in [-0.25, -0.2) is 13.4 Å². The van der Waals surface area contributed by atoms with Crippen molar-refractivity contribution in [3.05, 3.63) is 40.8 Å². The average Bonchev–Trinajstić information content (AvgIpc) is 2.85. The zero-order valence-corrected chi connectivity index (χ0v) is 13.1. The summed E-state index contributed by atoms with van der Waals surface area (Å²) in [6.07, 6.45) is 3.00. The van der Waals surface area contributed by atoms with Crippen LogP contribution in [0.3, 0.4) is 0 Å². The van der Waals surface area contributed by atoms with Crippen molar-refractivity contribution in [3.8, 4) is 0 Å². The highest BCUT2D eigenvalue weighted by molar-refractivity contribution is 9.10. The van der Waals surface area contributed by atoms with E-state index < -0.39 is 10.0 Å². The number of pyridine rings is 1. The highest BCUT2D eigenvalue weighted by Gasteiger charge is 2.18. The molecule has 0 saturated heterocycles. The molecule has 0 radical (unpaired) electrons. The van der Waals surface area contributed by atoms with Gasteiger partial charge in [0.2, 0.25) is 0 Å². The summed E-state index contributed by atoms with van der Waals surface area (Å²) in [6.45, 7) is 2.25. The molecule has 0 aliphatic carbocycles. The topological polar surface area (TPSA) is 84.2 Å². The lowest BCUT2D eigenvalue weighted by Crippen LogP contribution is -2.13. The summed E-state index contributed by atoms with van der Waals surface area (Å²) in [6, 6.07) is 4.71. The molecular formula is C12H14BrN3O3S. The van der Waals surface area contributed by atoms with Crippen molar-refractivity contribution in [1.29, 1.82) is 0 Å². The Kier molecular flexibility index (Phi) is 4.46. The number of nitrogens with zero attached hydrogens (tertiary/aromatic N) is 2. The lowest BCUT2D eigenvalue weighted by Gasteiger charge is -2.05. The maximum absolute atomic E-state index is 12.2. The van der Waals surface area contributed by atoms with Gasteiger partial charge < -0.3 is 9.67 Å². The Hall–Kier alpha value is -1.38. The van der Waals surface area contributed by atoms with Gasteiger partial charge in [-0.15, -0.1) is 0 Å². The Balaban J connectivity index is 2.30. The molecule has 0 aliphatic rings.